The Hall–Kier alpha value is -1.76. The van der Waals surface area contributed by atoms with Crippen molar-refractivity contribution in [3.05, 3.63) is 35.9 Å². The third-order valence-electron chi connectivity index (χ3n) is 1.90. The van der Waals surface area contributed by atoms with Gasteiger partial charge in [-0.05, 0) is 5.56 Å². The molecule has 0 unspecified atom stereocenters. The molecule has 0 spiro atoms. The molecule has 4 N–H and O–H groups in total. The van der Waals surface area contributed by atoms with Crippen molar-refractivity contribution >= 4 is 6.09 Å². The minimum absolute atomic E-state index is 0.0861. The highest BCUT2D eigenvalue weighted by Gasteiger charge is 2.42. The van der Waals surface area contributed by atoms with Crippen molar-refractivity contribution in [1.82, 2.24) is 5.32 Å². The predicted molar refractivity (Wildman–Crippen MR) is 52.5 cm³/mol. The molecule has 0 heterocycles. The van der Waals surface area contributed by atoms with Crippen LogP contribution in [-0.4, -0.2) is 18.4 Å². The number of ether oxygens (including phenoxy) is 1. The Labute approximate surface area is 95.6 Å². The largest absolute Gasteiger partial charge is 0.462 e. The molecule has 4 nitrogen and oxygen atoms in total. The van der Waals surface area contributed by atoms with Gasteiger partial charge in [0.15, 0.2) is 0 Å². The van der Waals surface area contributed by atoms with Gasteiger partial charge in [0.2, 0.25) is 0 Å². The van der Waals surface area contributed by atoms with E-state index in [4.69, 9.17) is 0 Å². The maximum absolute atomic E-state index is 12.0. The lowest BCUT2D eigenvalue weighted by Gasteiger charge is -2.13. The van der Waals surface area contributed by atoms with Gasteiger partial charge in [0.1, 0.15) is 6.61 Å². The summed E-state index contributed by atoms with van der Waals surface area (Å²) in [4.78, 5) is 11.0. The highest BCUT2D eigenvalue weighted by molar-refractivity contribution is 5.67. The fraction of sp³-hybridized carbons (Fsp3) is 0.300. The summed E-state index contributed by atoms with van der Waals surface area (Å²) >= 11 is 0. The van der Waals surface area contributed by atoms with Gasteiger partial charge in [0.05, 0.1) is 0 Å². The van der Waals surface area contributed by atoms with Crippen LogP contribution in [0.25, 0.3) is 0 Å². The molecule has 1 rings (SSSR count). The molecule has 17 heavy (non-hydrogen) atoms. The van der Waals surface area contributed by atoms with Crippen LogP contribution in [0.2, 0.25) is 0 Å². The monoisotopic (exact) mass is 249 g/mol. The van der Waals surface area contributed by atoms with Gasteiger partial charge in [-0.3, -0.25) is 5.32 Å². The smallest absolute Gasteiger partial charge is 0.445 e. The summed E-state index contributed by atoms with van der Waals surface area (Å²) in [5.74, 6) is 0. The van der Waals surface area contributed by atoms with E-state index in [1.54, 1.807) is 35.6 Å². The standard InChI is InChI=1S/C10H11F3N2O2/c11-10(12,13)8(14)15-9(16)17-6-7-4-2-1-3-5-7/h1-5,8H,6,14H2,(H,15,16)/p+1/t8-/m0/s1. The van der Waals surface area contributed by atoms with E-state index in [2.05, 4.69) is 10.5 Å². The highest BCUT2D eigenvalue weighted by atomic mass is 19.4. The van der Waals surface area contributed by atoms with Gasteiger partial charge in [0.25, 0.3) is 6.17 Å². The lowest BCUT2D eigenvalue weighted by molar-refractivity contribution is -0.486. The third-order valence-corrected chi connectivity index (χ3v) is 1.90. The second kappa shape index (κ2) is 5.53. The summed E-state index contributed by atoms with van der Waals surface area (Å²) in [6.45, 7) is -0.0861. The van der Waals surface area contributed by atoms with Gasteiger partial charge in [-0.25, -0.2) is 4.79 Å². The molecule has 1 aromatic carbocycles. The van der Waals surface area contributed by atoms with E-state index in [1.165, 1.54) is 0 Å². The van der Waals surface area contributed by atoms with E-state index in [0.717, 1.165) is 0 Å². The topological polar surface area (TPSA) is 66.0 Å². The number of alkyl carbamates (subject to hydrolysis) is 1. The number of carbonyl (C=O) groups excluding carboxylic acids is 1. The Balaban J connectivity index is 2.36. The third kappa shape index (κ3) is 4.73. The number of alkyl halides is 3. The van der Waals surface area contributed by atoms with Crippen molar-refractivity contribution in [1.29, 1.82) is 0 Å². The number of nitrogens with one attached hydrogen (secondary N) is 1. The van der Waals surface area contributed by atoms with Crippen LogP contribution in [0.1, 0.15) is 5.56 Å². The first-order valence-corrected chi connectivity index (χ1v) is 4.76. The van der Waals surface area contributed by atoms with Gasteiger partial charge in [-0.2, -0.15) is 13.2 Å². The molecule has 94 valence electrons. The molecular formula is C10H12F3N2O2+. The summed E-state index contributed by atoms with van der Waals surface area (Å²) in [6, 6.07) is 8.63. The number of halogens is 3. The zero-order valence-corrected chi connectivity index (χ0v) is 8.83. The van der Waals surface area contributed by atoms with E-state index < -0.39 is 18.4 Å². The summed E-state index contributed by atoms with van der Waals surface area (Å²) in [7, 11) is 0. The molecule has 7 heteroatoms. The van der Waals surface area contributed by atoms with Crippen molar-refractivity contribution in [2.75, 3.05) is 0 Å². The number of hydrogen-bond donors (Lipinski definition) is 2. The number of amides is 1. The summed E-state index contributed by atoms with van der Waals surface area (Å²) < 4.78 is 40.7. The minimum Gasteiger partial charge on any atom is -0.445 e. The van der Waals surface area contributed by atoms with E-state index in [0.29, 0.717) is 5.56 Å². The Morgan fingerprint density at radius 3 is 2.47 bits per heavy atom. The molecule has 0 saturated carbocycles. The van der Waals surface area contributed by atoms with Gasteiger partial charge in [-0.15, -0.1) is 0 Å². The fourth-order valence-corrected chi connectivity index (χ4v) is 0.989. The highest BCUT2D eigenvalue weighted by Crippen LogP contribution is 2.15. The zero-order chi connectivity index (χ0) is 12.9. The van der Waals surface area contributed by atoms with Gasteiger partial charge in [0, 0.05) is 0 Å². The van der Waals surface area contributed by atoms with Crippen LogP contribution in [0, 0.1) is 0 Å². The van der Waals surface area contributed by atoms with Crippen LogP contribution in [0.4, 0.5) is 18.0 Å². The molecule has 0 saturated heterocycles. The van der Waals surface area contributed by atoms with Crippen LogP contribution < -0.4 is 11.1 Å². The van der Waals surface area contributed by atoms with Crippen molar-refractivity contribution in [2.24, 2.45) is 0 Å². The molecular weight excluding hydrogens is 237 g/mol. The molecule has 0 radical (unpaired) electrons. The number of quaternary nitrogens is 1. The summed E-state index contributed by atoms with van der Waals surface area (Å²) in [6.07, 6.45) is -7.90. The second-order valence-corrected chi connectivity index (χ2v) is 3.30. The van der Waals surface area contributed by atoms with Crippen LogP contribution in [-0.2, 0) is 11.3 Å². The first-order chi connectivity index (χ1) is 7.89. The zero-order valence-electron chi connectivity index (χ0n) is 8.83. The lowest BCUT2D eigenvalue weighted by atomic mass is 10.2. The molecule has 0 bridgehead atoms. The van der Waals surface area contributed by atoms with Gasteiger partial charge in [-0.1, -0.05) is 30.3 Å². The van der Waals surface area contributed by atoms with Crippen LogP contribution in [0.3, 0.4) is 0 Å². The molecule has 1 atom stereocenters. The SMILES string of the molecule is [NH3+][C@@H](NC(=O)OCc1ccccc1)C(F)(F)F. The van der Waals surface area contributed by atoms with Crippen molar-refractivity contribution in [3.63, 3.8) is 0 Å². The number of carbonyl (C=O) groups is 1. The van der Waals surface area contributed by atoms with Crippen molar-refractivity contribution < 1.29 is 28.4 Å². The number of rotatable bonds is 3. The van der Waals surface area contributed by atoms with E-state index in [9.17, 15) is 18.0 Å². The quantitative estimate of drug-likeness (QED) is 0.786. The Kier molecular flexibility index (Phi) is 4.33. The normalized spacial score (nSPS) is 12.9. The maximum atomic E-state index is 12.0. The molecule has 1 amide bonds. The van der Waals surface area contributed by atoms with E-state index in [-0.39, 0.29) is 6.61 Å². The summed E-state index contributed by atoms with van der Waals surface area (Å²) in [5, 5.41) is 1.59. The molecule has 0 fully saturated rings. The molecule has 0 aromatic heterocycles. The van der Waals surface area contributed by atoms with Crippen LogP contribution in [0.5, 0.6) is 0 Å². The van der Waals surface area contributed by atoms with E-state index in [1.807, 2.05) is 0 Å². The number of benzene rings is 1. The van der Waals surface area contributed by atoms with Crippen LogP contribution in [0.15, 0.2) is 30.3 Å². The minimum atomic E-state index is -4.58. The molecule has 0 aliphatic carbocycles. The fourth-order valence-electron chi connectivity index (χ4n) is 0.989. The van der Waals surface area contributed by atoms with Crippen molar-refractivity contribution in [2.45, 2.75) is 18.9 Å². The average Bonchev–Trinajstić information content (AvgIpc) is 2.26. The molecule has 0 aliphatic heterocycles. The summed E-state index contributed by atoms with van der Waals surface area (Å²) in [5.41, 5.74) is 3.46. The number of hydrogen-bond acceptors (Lipinski definition) is 2. The first kappa shape index (κ1) is 13.3. The molecule has 0 aliphatic rings. The predicted octanol–water partition coefficient (Wildman–Crippen LogP) is 1.04. The van der Waals surface area contributed by atoms with Crippen molar-refractivity contribution in [3.8, 4) is 0 Å². The average molecular weight is 249 g/mol. The first-order valence-electron chi connectivity index (χ1n) is 4.76. The van der Waals surface area contributed by atoms with Gasteiger partial charge < -0.3 is 10.5 Å². The maximum Gasteiger partial charge on any atom is 0.462 e. The lowest BCUT2D eigenvalue weighted by Crippen LogP contribution is -2.75. The Bertz CT molecular complexity index is 368. The Morgan fingerprint density at radius 2 is 1.94 bits per heavy atom. The van der Waals surface area contributed by atoms with Gasteiger partial charge >= 0.3 is 12.3 Å². The second-order valence-electron chi connectivity index (χ2n) is 3.30. The molecule has 1 aromatic rings. The van der Waals surface area contributed by atoms with E-state index >= 15 is 0 Å². The Morgan fingerprint density at radius 1 is 1.35 bits per heavy atom. The van der Waals surface area contributed by atoms with Crippen LogP contribution >= 0.6 is 0 Å².